The van der Waals surface area contributed by atoms with E-state index < -0.39 is 0 Å². The molecule has 0 saturated carbocycles. The molecule has 0 bridgehead atoms. The predicted octanol–water partition coefficient (Wildman–Crippen LogP) is 2.56. The minimum absolute atomic E-state index is 0.0355. The zero-order valence-corrected chi connectivity index (χ0v) is 12.3. The van der Waals surface area contributed by atoms with Crippen molar-refractivity contribution in [1.82, 2.24) is 4.90 Å². The first kappa shape index (κ1) is 13.8. The second kappa shape index (κ2) is 5.58. The number of hydrogen-bond donors (Lipinski definition) is 2. The highest BCUT2D eigenvalue weighted by Gasteiger charge is 2.20. The SMILES string of the molecule is CC(C/C(N)=N/O)N(C)C(=O)c1cc2sccc2s1. The Hall–Kier alpha value is -1.60. The molecular weight excluding hydrogens is 282 g/mol. The van der Waals surface area contributed by atoms with Crippen LogP contribution in [0.1, 0.15) is 23.0 Å². The summed E-state index contributed by atoms with van der Waals surface area (Å²) in [6.45, 7) is 1.87. The van der Waals surface area contributed by atoms with Crippen molar-refractivity contribution in [2.45, 2.75) is 19.4 Å². The minimum Gasteiger partial charge on any atom is -0.409 e. The van der Waals surface area contributed by atoms with Gasteiger partial charge in [-0.2, -0.15) is 0 Å². The van der Waals surface area contributed by atoms with Crippen molar-refractivity contribution in [3.05, 3.63) is 22.4 Å². The third-order valence-electron chi connectivity index (χ3n) is 2.96. The number of nitrogens with zero attached hydrogens (tertiary/aromatic N) is 2. The zero-order chi connectivity index (χ0) is 14.0. The van der Waals surface area contributed by atoms with Crippen LogP contribution in [0.25, 0.3) is 9.40 Å². The molecular formula is C12H15N3O2S2. The number of amidine groups is 1. The van der Waals surface area contributed by atoms with Gasteiger partial charge in [-0.15, -0.1) is 22.7 Å². The molecule has 2 aromatic rings. The molecule has 2 heterocycles. The lowest BCUT2D eigenvalue weighted by Gasteiger charge is -2.23. The van der Waals surface area contributed by atoms with Crippen LogP contribution in [0.4, 0.5) is 0 Å². The molecule has 102 valence electrons. The Balaban J connectivity index is 2.12. The van der Waals surface area contributed by atoms with E-state index in [1.807, 2.05) is 24.4 Å². The summed E-state index contributed by atoms with van der Waals surface area (Å²) in [5.74, 6) is 0.0888. The first-order chi connectivity index (χ1) is 9.02. The van der Waals surface area contributed by atoms with E-state index in [9.17, 15) is 4.79 Å². The number of rotatable bonds is 4. The number of oxime groups is 1. The molecule has 2 aromatic heterocycles. The average molecular weight is 297 g/mol. The highest BCUT2D eigenvalue weighted by molar-refractivity contribution is 7.27. The van der Waals surface area contributed by atoms with E-state index in [4.69, 9.17) is 10.9 Å². The number of carbonyl (C=O) groups is 1. The lowest BCUT2D eigenvalue weighted by atomic mass is 10.2. The van der Waals surface area contributed by atoms with E-state index >= 15 is 0 Å². The minimum atomic E-state index is -0.122. The van der Waals surface area contributed by atoms with E-state index in [1.54, 1.807) is 23.3 Å². The molecule has 7 heteroatoms. The van der Waals surface area contributed by atoms with Gasteiger partial charge in [0.25, 0.3) is 5.91 Å². The predicted molar refractivity (Wildman–Crippen MR) is 79.3 cm³/mol. The maximum Gasteiger partial charge on any atom is 0.263 e. The molecule has 1 amide bonds. The van der Waals surface area contributed by atoms with Crippen molar-refractivity contribution in [2.24, 2.45) is 10.9 Å². The first-order valence-corrected chi connectivity index (χ1v) is 7.43. The van der Waals surface area contributed by atoms with Crippen LogP contribution in [0.2, 0.25) is 0 Å². The van der Waals surface area contributed by atoms with Crippen LogP contribution in [0.3, 0.4) is 0 Å². The molecule has 0 saturated heterocycles. The Bertz CT molecular complexity index is 589. The quantitative estimate of drug-likeness (QED) is 0.394. The van der Waals surface area contributed by atoms with Gasteiger partial charge in [0.05, 0.1) is 4.88 Å². The molecule has 0 spiro atoms. The van der Waals surface area contributed by atoms with Gasteiger partial charge in [-0.1, -0.05) is 5.16 Å². The van der Waals surface area contributed by atoms with Gasteiger partial charge in [0.15, 0.2) is 0 Å². The van der Waals surface area contributed by atoms with Crippen molar-refractivity contribution >= 4 is 43.8 Å². The van der Waals surface area contributed by atoms with Crippen LogP contribution in [0, 0.1) is 0 Å². The third-order valence-corrected chi connectivity index (χ3v) is 5.05. The second-order valence-electron chi connectivity index (χ2n) is 4.32. The van der Waals surface area contributed by atoms with E-state index in [2.05, 4.69) is 5.16 Å². The smallest absolute Gasteiger partial charge is 0.263 e. The van der Waals surface area contributed by atoms with Gasteiger partial charge < -0.3 is 15.8 Å². The molecule has 0 aromatic carbocycles. The fourth-order valence-electron chi connectivity index (χ4n) is 1.73. The molecule has 0 aliphatic heterocycles. The fourth-order valence-corrected chi connectivity index (χ4v) is 3.82. The van der Waals surface area contributed by atoms with E-state index in [0.717, 1.165) is 14.3 Å². The number of amides is 1. The molecule has 5 nitrogen and oxygen atoms in total. The highest BCUT2D eigenvalue weighted by atomic mass is 32.1. The van der Waals surface area contributed by atoms with Gasteiger partial charge in [-0.05, 0) is 24.4 Å². The Morgan fingerprint density at radius 1 is 1.58 bits per heavy atom. The normalized spacial score (nSPS) is 13.7. The van der Waals surface area contributed by atoms with Gasteiger partial charge >= 0.3 is 0 Å². The molecule has 19 heavy (non-hydrogen) atoms. The maximum atomic E-state index is 12.3. The maximum absolute atomic E-state index is 12.3. The molecule has 3 N–H and O–H groups in total. The fraction of sp³-hybridized carbons (Fsp3) is 0.333. The largest absolute Gasteiger partial charge is 0.409 e. The molecule has 1 unspecified atom stereocenters. The van der Waals surface area contributed by atoms with Crippen LogP contribution in [-0.2, 0) is 0 Å². The van der Waals surface area contributed by atoms with Gasteiger partial charge in [-0.3, -0.25) is 4.79 Å². The van der Waals surface area contributed by atoms with E-state index in [-0.39, 0.29) is 17.8 Å². The van der Waals surface area contributed by atoms with Crippen molar-refractivity contribution < 1.29 is 10.0 Å². The Morgan fingerprint density at radius 3 is 2.95 bits per heavy atom. The van der Waals surface area contributed by atoms with Crippen molar-refractivity contribution in [3.63, 3.8) is 0 Å². The summed E-state index contributed by atoms with van der Waals surface area (Å²) in [7, 11) is 1.73. The number of nitrogens with two attached hydrogens (primary N) is 1. The highest BCUT2D eigenvalue weighted by Crippen LogP contribution is 2.30. The zero-order valence-electron chi connectivity index (χ0n) is 10.7. The van der Waals surface area contributed by atoms with Crippen molar-refractivity contribution in [3.8, 4) is 0 Å². The van der Waals surface area contributed by atoms with Gasteiger partial charge in [0.1, 0.15) is 5.84 Å². The van der Waals surface area contributed by atoms with Crippen molar-refractivity contribution in [2.75, 3.05) is 7.05 Å². The summed E-state index contributed by atoms with van der Waals surface area (Å²) in [5.41, 5.74) is 5.46. The summed E-state index contributed by atoms with van der Waals surface area (Å²) in [6.07, 6.45) is 0.346. The second-order valence-corrected chi connectivity index (χ2v) is 6.35. The lowest BCUT2D eigenvalue weighted by molar-refractivity contribution is 0.0752. The molecule has 1 atom stereocenters. The Morgan fingerprint density at radius 2 is 2.32 bits per heavy atom. The van der Waals surface area contributed by atoms with Crippen LogP contribution < -0.4 is 5.73 Å². The van der Waals surface area contributed by atoms with E-state index in [0.29, 0.717) is 6.42 Å². The molecule has 2 rings (SSSR count). The van der Waals surface area contributed by atoms with Crippen LogP contribution >= 0.6 is 22.7 Å². The topological polar surface area (TPSA) is 78.9 Å². The van der Waals surface area contributed by atoms with E-state index in [1.165, 1.54) is 11.3 Å². The molecule has 0 aliphatic rings. The summed E-state index contributed by atoms with van der Waals surface area (Å²) >= 11 is 3.12. The van der Waals surface area contributed by atoms with Crippen LogP contribution in [-0.4, -0.2) is 34.9 Å². The first-order valence-electron chi connectivity index (χ1n) is 5.73. The number of thiophene rings is 2. The third kappa shape index (κ3) is 2.87. The molecule has 0 fully saturated rings. The number of fused-ring (bicyclic) bond motifs is 1. The Labute approximate surface area is 118 Å². The van der Waals surface area contributed by atoms with Gasteiger partial charge in [0.2, 0.25) is 0 Å². The summed E-state index contributed by atoms with van der Waals surface area (Å²) in [6, 6.07) is 3.81. The standard InChI is InChI=1S/C12H15N3O2S2/c1-7(5-11(13)14-17)15(2)12(16)10-6-9-8(19-10)3-4-18-9/h3-4,6-7,17H,5H2,1-2H3,(H2,13,14). The molecule has 0 radical (unpaired) electrons. The van der Waals surface area contributed by atoms with Gasteiger partial charge in [0, 0.05) is 28.9 Å². The van der Waals surface area contributed by atoms with Crippen molar-refractivity contribution in [1.29, 1.82) is 0 Å². The average Bonchev–Trinajstić information content (AvgIpc) is 2.97. The lowest BCUT2D eigenvalue weighted by Crippen LogP contribution is -2.37. The van der Waals surface area contributed by atoms with Crippen LogP contribution in [0.15, 0.2) is 22.7 Å². The monoisotopic (exact) mass is 297 g/mol. The molecule has 0 aliphatic carbocycles. The summed E-state index contributed by atoms with van der Waals surface area (Å²) < 4.78 is 2.26. The summed E-state index contributed by atoms with van der Waals surface area (Å²) in [5, 5.41) is 13.5. The number of hydrogen-bond acceptors (Lipinski definition) is 5. The summed E-state index contributed by atoms with van der Waals surface area (Å²) in [4.78, 5) is 14.7. The Kier molecular flexibility index (Phi) is 4.06. The number of carbonyl (C=O) groups excluding carboxylic acids is 1. The van der Waals surface area contributed by atoms with Gasteiger partial charge in [-0.25, -0.2) is 0 Å². The van der Waals surface area contributed by atoms with Crippen LogP contribution in [0.5, 0.6) is 0 Å².